The van der Waals surface area contributed by atoms with Crippen molar-refractivity contribution in [2.45, 2.75) is 32.1 Å². The number of aryl methyl sites for hydroxylation is 1. The first kappa shape index (κ1) is 26.6. The smallest absolute Gasteiger partial charge is 0.416 e. The van der Waals surface area contributed by atoms with Crippen molar-refractivity contribution in [3.63, 3.8) is 0 Å². The van der Waals surface area contributed by atoms with E-state index in [1.807, 2.05) is 59.7 Å². The molecule has 1 saturated heterocycles. The van der Waals surface area contributed by atoms with Gasteiger partial charge in [-0.2, -0.15) is 13.2 Å². The first-order valence-corrected chi connectivity index (χ1v) is 12.6. The quantitative estimate of drug-likeness (QED) is 0.269. The third kappa shape index (κ3) is 4.80. The molecular formula is C29H27F3N4O2S. The number of rotatable bonds is 6. The molecule has 3 heterocycles. The van der Waals surface area contributed by atoms with E-state index in [2.05, 4.69) is 10.3 Å². The Kier molecular flexibility index (Phi) is 6.98. The Morgan fingerprint density at radius 2 is 1.74 bits per heavy atom. The highest BCUT2D eigenvalue weighted by molar-refractivity contribution is 7.80. The van der Waals surface area contributed by atoms with Gasteiger partial charge in [0.2, 0.25) is 0 Å². The van der Waals surface area contributed by atoms with Gasteiger partial charge in [0.1, 0.15) is 11.5 Å². The first-order valence-electron chi connectivity index (χ1n) is 12.2. The summed E-state index contributed by atoms with van der Waals surface area (Å²) in [5.41, 5.74) is 3.72. The average Bonchev–Trinajstić information content (AvgIpc) is 3.42. The molecule has 5 rings (SSSR count). The molecule has 4 aromatic rings. The Bertz CT molecular complexity index is 1520. The molecular weight excluding hydrogens is 525 g/mol. The van der Waals surface area contributed by atoms with Crippen LogP contribution in [0.4, 0.5) is 18.9 Å². The molecule has 0 saturated carbocycles. The molecule has 2 atom stereocenters. The Balaban J connectivity index is 1.69. The number of hydrogen-bond donors (Lipinski definition) is 1. The molecule has 2 aromatic carbocycles. The molecule has 39 heavy (non-hydrogen) atoms. The van der Waals surface area contributed by atoms with Crippen molar-refractivity contribution >= 4 is 23.0 Å². The van der Waals surface area contributed by atoms with Crippen LogP contribution >= 0.6 is 12.2 Å². The summed E-state index contributed by atoms with van der Waals surface area (Å²) in [7, 11) is 3.16. The lowest BCUT2D eigenvalue weighted by atomic mass is 9.96. The molecule has 0 amide bonds. The van der Waals surface area contributed by atoms with Gasteiger partial charge in [-0.25, -0.2) is 0 Å². The van der Waals surface area contributed by atoms with E-state index in [1.54, 1.807) is 32.5 Å². The molecule has 1 fully saturated rings. The van der Waals surface area contributed by atoms with Crippen LogP contribution in [0.3, 0.4) is 0 Å². The summed E-state index contributed by atoms with van der Waals surface area (Å²) >= 11 is 5.85. The fraction of sp³-hybridized carbons (Fsp3) is 0.241. The molecule has 1 N–H and O–H groups in total. The summed E-state index contributed by atoms with van der Waals surface area (Å²) in [5.74, 6) is 1.20. The van der Waals surface area contributed by atoms with Crippen LogP contribution in [0, 0.1) is 13.8 Å². The fourth-order valence-corrected chi connectivity index (χ4v) is 5.56. The minimum Gasteiger partial charge on any atom is -0.497 e. The third-order valence-corrected chi connectivity index (χ3v) is 7.28. The summed E-state index contributed by atoms with van der Waals surface area (Å²) in [6.45, 7) is 3.79. The van der Waals surface area contributed by atoms with E-state index < -0.39 is 11.7 Å². The van der Waals surface area contributed by atoms with Crippen molar-refractivity contribution in [1.29, 1.82) is 0 Å². The predicted octanol–water partition coefficient (Wildman–Crippen LogP) is 6.70. The molecule has 202 valence electrons. The number of ether oxygens (including phenoxy) is 2. The number of thiocarbonyl (C=S) groups is 1. The highest BCUT2D eigenvalue weighted by atomic mass is 32.1. The molecule has 1 aliphatic rings. The lowest BCUT2D eigenvalue weighted by Crippen LogP contribution is -2.30. The average molecular weight is 553 g/mol. The maximum atomic E-state index is 13.5. The molecule has 0 spiro atoms. The van der Waals surface area contributed by atoms with Crippen LogP contribution in [-0.2, 0) is 6.18 Å². The van der Waals surface area contributed by atoms with E-state index in [4.69, 9.17) is 21.7 Å². The highest BCUT2D eigenvalue weighted by Crippen LogP contribution is 2.47. The van der Waals surface area contributed by atoms with Crippen LogP contribution in [0.1, 0.15) is 40.3 Å². The minimum atomic E-state index is -4.44. The van der Waals surface area contributed by atoms with Crippen molar-refractivity contribution < 1.29 is 22.6 Å². The van der Waals surface area contributed by atoms with Gasteiger partial charge in [-0.3, -0.25) is 4.98 Å². The second-order valence-electron chi connectivity index (χ2n) is 9.24. The topological polar surface area (TPSA) is 51.5 Å². The molecule has 0 unspecified atom stereocenters. The number of aromatic nitrogens is 2. The molecule has 0 bridgehead atoms. The van der Waals surface area contributed by atoms with Gasteiger partial charge in [0, 0.05) is 29.3 Å². The van der Waals surface area contributed by atoms with Crippen molar-refractivity contribution in [1.82, 2.24) is 14.9 Å². The Morgan fingerprint density at radius 1 is 0.949 bits per heavy atom. The standard InChI is InChI=1S/C29H27F3N4O2S/c1-17-14-22(18(2)35(17)20-9-7-8-19(15-20)29(30,31)32)27-26(23-10-5-6-13-33-23)34-28(39)36(27)24-12-11-21(37-3)16-25(24)38-4/h5-16,26-27H,1-4H3,(H,34,39)/t26-,27+/m0/s1. The Labute approximate surface area is 230 Å². The van der Waals surface area contributed by atoms with Crippen LogP contribution < -0.4 is 19.7 Å². The van der Waals surface area contributed by atoms with Crippen LogP contribution in [-0.4, -0.2) is 28.9 Å². The molecule has 2 aromatic heterocycles. The normalized spacial score (nSPS) is 17.3. The van der Waals surface area contributed by atoms with E-state index in [0.717, 1.165) is 34.4 Å². The maximum absolute atomic E-state index is 13.5. The molecule has 6 nitrogen and oxygen atoms in total. The Morgan fingerprint density at radius 3 is 2.41 bits per heavy atom. The number of anilines is 1. The lowest BCUT2D eigenvalue weighted by molar-refractivity contribution is -0.137. The number of benzene rings is 2. The zero-order valence-electron chi connectivity index (χ0n) is 21.8. The van der Waals surface area contributed by atoms with Crippen LogP contribution in [0.5, 0.6) is 11.5 Å². The summed E-state index contributed by atoms with van der Waals surface area (Å²) < 4.78 is 53.5. The largest absolute Gasteiger partial charge is 0.497 e. The van der Waals surface area contributed by atoms with Gasteiger partial charge in [0.05, 0.1) is 43.2 Å². The molecule has 0 aliphatic carbocycles. The number of alkyl halides is 3. The summed E-state index contributed by atoms with van der Waals surface area (Å²) in [5, 5.41) is 3.90. The number of nitrogens with one attached hydrogen (secondary N) is 1. The second kappa shape index (κ2) is 10.3. The highest BCUT2D eigenvalue weighted by Gasteiger charge is 2.43. The summed E-state index contributed by atoms with van der Waals surface area (Å²) in [6.07, 6.45) is -2.72. The molecule has 10 heteroatoms. The van der Waals surface area contributed by atoms with E-state index in [9.17, 15) is 13.2 Å². The first-order chi connectivity index (χ1) is 18.6. The Hall–Kier alpha value is -4.05. The monoisotopic (exact) mass is 552 g/mol. The van der Waals surface area contributed by atoms with Crippen molar-refractivity contribution in [2.24, 2.45) is 0 Å². The van der Waals surface area contributed by atoms with Crippen LogP contribution in [0.25, 0.3) is 5.69 Å². The van der Waals surface area contributed by atoms with Crippen molar-refractivity contribution in [3.8, 4) is 17.2 Å². The van der Waals surface area contributed by atoms with Gasteiger partial charge < -0.3 is 24.3 Å². The van der Waals surface area contributed by atoms with Gasteiger partial charge in [0.15, 0.2) is 5.11 Å². The number of nitrogens with zero attached hydrogens (tertiary/aromatic N) is 3. The zero-order valence-corrected chi connectivity index (χ0v) is 22.6. The number of hydrogen-bond acceptors (Lipinski definition) is 4. The van der Waals surface area contributed by atoms with Gasteiger partial charge in [-0.15, -0.1) is 0 Å². The van der Waals surface area contributed by atoms with Gasteiger partial charge >= 0.3 is 6.18 Å². The van der Waals surface area contributed by atoms with Gasteiger partial charge in [-0.05, 0) is 80.2 Å². The van der Waals surface area contributed by atoms with Crippen LogP contribution in [0.2, 0.25) is 0 Å². The SMILES string of the molecule is COc1ccc(N2C(=S)N[C@@H](c3ccccn3)[C@H]2c2cc(C)n(-c3cccc(C(F)(F)F)c3)c2C)c(OC)c1. The lowest BCUT2D eigenvalue weighted by Gasteiger charge is -2.29. The second-order valence-corrected chi connectivity index (χ2v) is 9.63. The maximum Gasteiger partial charge on any atom is 0.416 e. The number of pyridine rings is 1. The molecule has 0 radical (unpaired) electrons. The van der Waals surface area contributed by atoms with E-state index in [1.165, 1.54) is 12.1 Å². The van der Waals surface area contributed by atoms with Crippen LogP contribution in [0.15, 0.2) is 72.9 Å². The fourth-order valence-electron chi connectivity index (χ4n) is 5.22. The van der Waals surface area contributed by atoms with E-state index in [0.29, 0.717) is 22.3 Å². The molecule has 1 aliphatic heterocycles. The van der Waals surface area contributed by atoms with Gasteiger partial charge in [-0.1, -0.05) is 12.1 Å². The minimum absolute atomic E-state index is 0.332. The van der Waals surface area contributed by atoms with Crippen molar-refractivity contribution in [3.05, 3.63) is 101 Å². The van der Waals surface area contributed by atoms with E-state index >= 15 is 0 Å². The van der Waals surface area contributed by atoms with Crippen molar-refractivity contribution in [2.75, 3.05) is 19.1 Å². The zero-order chi connectivity index (χ0) is 27.9. The summed E-state index contributed by atoms with van der Waals surface area (Å²) in [6, 6.07) is 17.8. The number of halogens is 3. The van der Waals surface area contributed by atoms with Gasteiger partial charge in [0.25, 0.3) is 0 Å². The third-order valence-electron chi connectivity index (χ3n) is 6.97. The predicted molar refractivity (Wildman–Crippen MR) is 148 cm³/mol. The summed E-state index contributed by atoms with van der Waals surface area (Å²) in [4.78, 5) is 6.57. The van der Waals surface area contributed by atoms with E-state index in [-0.39, 0.29) is 12.1 Å². The number of methoxy groups -OCH3 is 2.